The lowest BCUT2D eigenvalue weighted by molar-refractivity contribution is 0.132. The van der Waals surface area contributed by atoms with Gasteiger partial charge in [-0.05, 0) is 11.6 Å². The van der Waals surface area contributed by atoms with E-state index in [4.69, 9.17) is 10.8 Å². The van der Waals surface area contributed by atoms with E-state index in [2.05, 4.69) is 4.98 Å². The van der Waals surface area contributed by atoms with Crippen molar-refractivity contribution in [2.75, 3.05) is 6.61 Å². The zero-order chi connectivity index (χ0) is 9.90. The molecule has 1 atom stereocenters. The number of rotatable bonds is 3. The van der Waals surface area contributed by atoms with E-state index in [-0.39, 0.29) is 30.5 Å². The SMILES string of the molecule is CC(C)(CO)[C@@H](N)c1cccnc1.Cl. The maximum absolute atomic E-state index is 9.13. The fourth-order valence-electron chi connectivity index (χ4n) is 1.11. The molecule has 0 bridgehead atoms. The van der Waals surface area contributed by atoms with Crippen LogP contribution in [-0.4, -0.2) is 16.7 Å². The Morgan fingerprint density at radius 2 is 2.21 bits per heavy atom. The molecule has 0 aliphatic carbocycles. The molecule has 1 rings (SSSR count). The Kier molecular flexibility index (Phi) is 5.05. The van der Waals surface area contributed by atoms with Crippen LogP contribution in [0.3, 0.4) is 0 Å². The summed E-state index contributed by atoms with van der Waals surface area (Å²) in [6.07, 6.45) is 3.45. The summed E-state index contributed by atoms with van der Waals surface area (Å²) in [5.41, 5.74) is 6.64. The van der Waals surface area contributed by atoms with Crippen LogP contribution < -0.4 is 5.73 Å². The fourth-order valence-corrected chi connectivity index (χ4v) is 1.11. The zero-order valence-electron chi connectivity index (χ0n) is 8.47. The second-order valence-electron chi connectivity index (χ2n) is 3.91. The van der Waals surface area contributed by atoms with Crippen LogP contribution in [-0.2, 0) is 0 Å². The van der Waals surface area contributed by atoms with Gasteiger partial charge in [0, 0.05) is 30.5 Å². The molecule has 0 saturated heterocycles. The van der Waals surface area contributed by atoms with Gasteiger partial charge in [0.05, 0.1) is 0 Å². The van der Waals surface area contributed by atoms with Crippen molar-refractivity contribution in [2.45, 2.75) is 19.9 Å². The van der Waals surface area contributed by atoms with Gasteiger partial charge in [-0.3, -0.25) is 4.98 Å². The Labute approximate surface area is 90.8 Å². The van der Waals surface area contributed by atoms with Gasteiger partial charge in [-0.1, -0.05) is 19.9 Å². The van der Waals surface area contributed by atoms with E-state index in [1.165, 1.54) is 0 Å². The van der Waals surface area contributed by atoms with Crippen molar-refractivity contribution < 1.29 is 5.11 Å². The third-order valence-corrected chi connectivity index (χ3v) is 2.29. The molecule has 0 fully saturated rings. The first kappa shape index (κ1) is 13.4. The molecule has 4 heteroatoms. The smallest absolute Gasteiger partial charge is 0.0500 e. The molecule has 3 nitrogen and oxygen atoms in total. The Morgan fingerprint density at radius 3 is 2.64 bits per heavy atom. The number of pyridine rings is 1. The third-order valence-electron chi connectivity index (χ3n) is 2.29. The van der Waals surface area contributed by atoms with Crippen molar-refractivity contribution in [2.24, 2.45) is 11.1 Å². The van der Waals surface area contributed by atoms with Gasteiger partial charge in [-0.2, -0.15) is 0 Å². The summed E-state index contributed by atoms with van der Waals surface area (Å²) in [4.78, 5) is 3.99. The van der Waals surface area contributed by atoms with E-state index in [1.807, 2.05) is 26.0 Å². The van der Waals surface area contributed by atoms with Crippen LogP contribution in [0.1, 0.15) is 25.5 Å². The topological polar surface area (TPSA) is 59.1 Å². The number of nitrogens with zero attached hydrogens (tertiary/aromatic N) is 1. The van der Waals surface area contributed by atoms with Crippen molar-refractivity contribution in [3.8, 4) is 0 Å². The Morgan fingerprint density at radius 1 is 1.57 bits per heavy atom. The van der Waals surface area contributed by atoms with Crippen molar-refractivity contribution >= 4 is 12.4 Å². The van der Waals surface area contributed by atoms with E-state index in [0.29, 0.717) is 0 Å². The Balaban J connectivity index is 0.00000169. The zero-order valence-corrected chi connectivity index (χ0v) is 9.29. The molecule has 3 N–H and O–H groups in total. The molecule has 1 aromatic rings. The van der Waals surface area contributed by atoms with Gasteiger partial charge in [0.1, 0.15) is 0 Å². The third kappa shape index (κ3) is 2.94. The van der Waals surface area contributed by atoms with Crippen LogP contribution in [0.25, 0.3) is 0 Å². The van der Waals surface area contributed by atoms with E-state index < -0.39 is 0 Å². The lowest BCUT2D eigenvalue weighted by atomic mass is 9.82. The van der Waals surface area contributed by atoms with Crippen molar-refractivity contribution in [3.05, 3.63) is 30.1 Å². The average Bonchev–Trinajstić information content (AvgIpc) is 2.18. The minimum Gasteiger partial charge on any atom is -0.396 e. The Hall–Kier alpha value is -0.640. The quantitative estimate of drug-likeness (QED) is 0.806. The summed E-state index contributed by atoms with van der Waals surface area (Å²) >= 11 is 0. The van der Waals surface area contributed by atoms with Crippen LogP contribution in [0.2, 0.25) is 0 Å². The number of halogens is 1. The molecule has 0 unspecified atom stereocenters. The summed E-state index contributed by atoms with van der Waals surface area (Å²) in [6, 6.07) is 3.60. The summed E-state index contributed by atoms with van der Waals surface area (Å²) in [7, 11) is 0. The highest BCUT2D eigenvalue weighted by Crippen LogP contribution is 2.29. The molecule has 0 radical (unpaired) electrons. The predicted octanol–water partition coefficient (Wildman–Crippen LogP) is 1.52. The van der Waals surface area contributed by atoms with Crippen LogP contribution in [0.15, 0.2) is 24.5 Å². The van der Waals surface area contributed by atoms with Gasteiger partial charge >= 0.3 is 0 Å². The summed E-state index contributed by atoms with van der Waals surface area (Å²) in [5.74, 6) is 0. The molecule has 80 valence electrons. The molecule has 0 spiro atoms. The molecule has 1 heterocycles. The highest BCUT2D eigenvalue weighted by Gasteiger charge is 2.26. The van der Waals surface area contributed by atoms with Crippen molar-refractivity contribution in [1.82, 2.24) is 4.98 Å². The van der Waals surface area contributed by atoms with E-state index in [0.717, 1.165) is 5.56 Å². The van der Waals surface area contributed by atoms with Gasteiger partial charge in [0.25, 0.3) is 0 Å². The van der Waals surface area contributed by atoms with Crippen molar-refractivity contribution in [1.29, 1.82) is 0 Å². The summed E-state index contributed by atoms with van der Waals surface area (Å²) < 4.78 is 0. The van der Waals surface area contributed by atoms with Crippen molar-refractivity contribution in [3.63, 3.8) is 0 Å². The second-order valence-corrected chi connectivity index (χ2v) is 3.91. The second kappa shape index (κ2) is 5.29. The first-order valence-electron chi connectivity index (χ1n) is 4.34. The Bertz CT molecular complexity index is 264. The van der Waals surface area contributed by atoms with Crippen LogP contribution in [0, 0.1) is 5.41 Å². The average molecular weight is 217 g/mol. The van der Waals surface area contributed by atoms with E-state index in [1.54, 1.807) is 12.4 Å². The first-order chi connectivity index (χ1) is 6.08. The van der Waals surface area contributed by atoms with E-state index >= 15 is 0 Å². The molecule has 0 saturated carbocycles. The lowest BCUT2D eigenvalue weighted by Gasteiger charge is -2.29. The molecule has 14 heavy (non-hydrogen) atoms. The molecule has 0 aliphatic heterocycles. The van der Waals surface area contributed by atoms with Gasteiger partial charge in [0.15, 0.2) is 0 Å². The van der Waals surface area contributed by atoms with E-state index in [9.17, 15) is 0 Å². The number of aliphatic hydroxyl groups is 1. The fraction of sp³-hybridized carbons (Fsp3) is 0.500. The largest absolute Gasteiger partial charge is 0.396 e. The number of aliphatic hydroxyl groups excluding tert-OH is 1. The highest BCUT2D eigenvalue weighted by atomic mass is 35.5. The van der Waals surface area contributed by atoms with Crippen LogP contribution in [0.4, 0.5) is 0 Å². The number of hydrogen-bond acceptors (Lipinski definition) is 3. The number of aromatic nitrogens is 1. The summed E-state index contributed by atoms with van der Waals surface area (Å²) in [6.45, 7) is 3.94. The predicted molar refractivity (Wildman–Crippen MR) is 59.3 cm³/mol. The minimum atomic E-state index is -0.303. The lowest BCUT2D eigenvalue weighted by Crippen LogP contribution is -2.32. The minimum absolute atomic E-state index is 0. The standard InChI is InChI=1S/C10H16N2O.ClH/c1-10(2,7-13)9(11)8-4-3-5-12-6-8;/h3-6,9,13H,7,11H2,1-2H3;1H/t9-;/m0./s1. The van der Waals surface area contributed by atoms with Gasteiger partial charge in [-0.15, -0.1) is 12.4 Å². The van der Waals surface area contributed by atoms with Crippen LogP contribution >= 0.6 is 12.4 Å². The molecule has 0 aliphatic rings. The van der Waals surface area contributed by atoms with Gasteiger partial charge in [-0.25, -0.2) is 0 Å². The maximum Gasteiger partial charge on any atom is 0.0500 e. The summed E-state index contributed by atoms with van der Waals surface area (Å²) in [5, 5.41) is 9.13. The molecular formula is C10H17ClN2O. The monoisotopic (exact) mass is 216 g/mol. The highest BCUT2D eigenvalue weighted by molar-refractivity contribution is 5.85. The van der Waals surface area contributed by atoms with Gasteiger partial charge in [0.2, 0.25) is 0 Å². The number of hydrogen-bond donors (Lipinski definition) is 2. The number of nitrogens with two attached hydrogens (primary N) is 1. The molecule has 1 aromatic heterocycles. The van der Waals surface area contributed by atoms with Gasteiger partial charge < -0.3 is 10.8 Å². The normalized spacial score (nSPS) is 13.1. The molecule has 0 aromatic carbocycles. The first-order valence-corrected chi connectivity index (χ1v) is 4.34. The molecule has 0 amide bonds. The van der Waals surface area contributed by atoms with Crippen LogP contribution in [0.5, 0.6) is 0 Å². The molecular weight excluding hydrogens is 200 g/mol. The maximum atomic E-state index is 9.13.